The summed E-state index contributed by atoms with van der Waals surface area (Å²) >= 11 is 0. The molecule has 26 heavy (non-hydrogen) atoms. The lowest BCUT2D eigenvalue weighted by molar-refractivity contribution is 0.0298. The molecule has 136 valence electrons. The number of amides is 1. The van der Waals surface area contributed by atoms with Gasteiger partial charge in [0.25, 0.3) is 5.91 Å². The van der Waals surface area contributed by atoms with Gasteiger partial charge in [-0.2, -0.15) is 0 Å². The molecule has 2 aromatic rings. The quantitative estimate of drug-likeness (QED) is 0.764. The van der Waals surface area contributed by atoms with Crippen LogP contribution in [-0.4, -0.2) is 83.5 Å². The Morgan fingerprint density at radius 1 is 0.885 bits per heavy atom. The number of piperazine rings is 1. The summed E-state index contributed by atoms with van der Waals surface area (Å²) in [6.45, 7) is 5.62. The van der Waals surface area contributed by atoms with Crippen LogP contribution in [0, 0.1) is 0 Å². The Bertz CT molecular complexity index is 727. The molecule has 0 saturated carbocycles. The second-order valence-corrected chi connectivity index (χ2v) is 6.20. The Labute approximate surface area is 151 Å². The van der Waals surface area contributed by atoms with Crippen LogP contribution in [0.1, 0.15) is 10.5 Å². The number of anilines is 2. The summed E-state index contributed by atoms with van der Waals surface area (Å²) in [5, 5.41) is 8.41. The van der Waals surface area contributed by atoms with Crippen molar-refractivity contribution in [1.29, 1.82) is 0 Å². The van der Waals surface area contributed by atoms with Crippen molar-refractivity contribution in [2.75, 3.05) is 62.3 Å². The van der Waals surface area contributed by atoms with E-state index in [0.29, 0.717) is 32.0 Å². The SMILES string of the molecule is O=C(c1ccc(N2CCN(c3ncccn3)CC2)nn1)N1CCOCC1. The zero-order valence-corrected chi connectivity index (χ0v) is 14.5. The summed E-state index contributed by atoms with van der Waals surface area (Å²) in [6, 6.07) is 5.44. The van der Waals surface area contributed by atoms with Crippen molar-refractivity contribution in [3.63, 3.8) is 0 Å². The van der Waals surface area contributed by atoms with Crippen molar-refractivity contribution in [2.45, 2.75) is 0 Å². The van der Waals surface area contributed by atoms with Crippen LogP contribution in [0.2, 0.25) is 0 Å². The maximum absolute atomic E-state index is 12.4. The molecule has 0 bridgehead atoms. The molecule has 4 rings (SSSR count). The topological polar surface area (TPSA) is 87.6 Å². The van der Waals surface area contributed by atoms with E-state index in [1.54, 1.807) is 23.4 Å². The van der Waals surface area contributed by atoms with E-state index in [1.165, 1.54) is 0 Å². The van der Waals surface area contributed by atoms with E-state index in [1.807, 2.05) is 12.1 Å². The largest absolute Gasteiger partial charge is 0.378 e. The molecule has 0 unspecified atom stereocenters. The Morgan fingerprint density at radius 2 is 1.58 bits per heavy atom. The van der Waals surface area contributed by atoms with Crippen molar-refractivity contribution < 1.29 is 9.53 Å². The molecule has 0 N–H and O–H groups in total. The standard InChI is InChI=1S/C17H21N7O2/c25-16(23-10-12-26-13-11-23)14-2-3-15(21-20-14)22-6-8-24(9-7-22)17-18-4-1-5-19-17/h1-5H,6-13H2. The predicted molar refractivity (Wildman–Crippen MR) is 95.2 cm³/mol. The lowest BCUT2D eigenvalue weighted by atomic mass is 10.3. The minimum Gasteiger partial charge on any atom is -0.378 e. The number of hydrogen-bond acceptors (Lipinski definition) is 8. The summed E-state index contributed by atoms with van der Waals surface area (Å²) in [6.07, 6.45) is 3.51. The smallest absolute Gasteiger partial charge is 0.274 e. The van der Waals surface area contributed by atoms with Crippen LogP contribution >= 0.6 is 0 Å². The Hall–Kier alpha value is -2.81. The number of carbonyl (C=O) groups is 1. The van der Waals surface area contributed by atoms with E-state index in [9.17, 15) is 4.79 Å². The second kappa shape index (κ2) is 7.61. The van der Waals surface area contributed by atoms with Crippen LogP contribution in [0.25, 0.3) is 0 Å². The summed E-state index contributed by atoms with van der Waals surface area (Å²) in [7, 11) is 0. The van der Waals surface area contributed by atoms with Crippen molar-refractivity contribution in [2.24, 2.45) is 0 Å². The number of aromatic nitrogens is 4. The van der Waals surface area contributed by atoms with Crippen LogP contribution < -0.4 is 9.80 Å². The van der Waals surface area contributed by atoms with Gasteiger partial charge in [-0.1, -0.05) is 0 Å². The van der Waals surface area contributed by atoms with Gasteiger partial charge < -0.3 is 19.4 Å². The molecular formula is C17H21N7O2. The van der Waals surface area contributed by atoms with Crippen molar-refractivity contribution in [3.05, 3.63) is 36.3 Å². The Balaban J connectivity index is 1.36. The average molecular weight is 355 g/mol. The maximum Gasteiger partial charge on any atom is 0.274 e. The fourth-order valence-corrected chi connectivity index (χ4v) is 3.13. The summed E-state index contributed by atoms with van der Waals surface area (Å²) in [5.74, 6) is 1.46. The van der Waals surface area contributed by atoms with Gasteiger partial charge in [0.15, 0.2) is 11.5 Å². The van der Waals surface area contributed by atoms with Crippen LogP contribution in [-0.2, 0) is 4.74 Å². The van der Waals surface area contributed by atoms with Crippen LogP contribution in [0.15, 0.2) is 30.6 Å². The number of nitrogens with zero attached hydrogens (tertiary/aromatic N) is 7. The van der Waals surface area contributed by atoms with Gasteiger partial charge in [-0.25, -0.2) is 9.97 Å². The van der Waals surface area contributed by atoms with Crippen LogP contribution in [0.3, 0.4) is 0 Å². The minimum absolute atomic E-state index is 0.0848. The van der Waals surface area contributed by atoms with Crippen molar-refractivity contribution in [3.8, 4) is 0 Å². The molecule has 9 nitrogen and oxygen atoms in total. The first-order valence-corrected chi connectivity index (χ1v) is 8.79. The molecule has 0 spiro atoms. The molecule has 2 fully saturated rings. The van der Waals surface area contributed by atoms with Gasteiger partial charge in [-0.3, -0.25) is 4.79 Å². The third-order valence-electron chi connectivity index (χ3n) is 4.61. The predicted octanol–water partition coefficient (Wildman–Crippen LogP) is 0.0656. The van der Waals surface area contributed by atoms with E-state index >= 15 is 0 Å². The summed E-state index contributed by atoms with van der Waals surface area (Å²) in [4.78, 5) is 27.1. The van der Waals surface area contributed by atoms with E-state index in [2.05, 4.69) is 30.0 Å². The molecule has 2 saturated heterocycles. The van der Waals surface area contributed by atoms with E-state index in [0.717, 1.165) is 37.9 Å². The van der Waals surface area contributed by atoms with E-state index in [-0.39, 0.29) is 5.91 Å². The second-order valence-electron chi connectivity index (χ2n) is 6.20. The third kappa shape index (κ3) is 3.57. The maximum atomic E-state index is 12.4. The van der Waals surface area contributed by atoms with E-state index < -0.39 is 0 Å². The molecule has 0 aromatic carbocycles. The van der Waals surface area contributed by atoms with Gasteiger partial charge in [-0.15, -0.1) is 10.2 Å². The molecule has 2 aliphatic rings. The van der Waals surface area contributed by atoms with Gasteiger partial charge >= 0.3 is 0 Å². The highest BCUT2D eigenvalue weighted by Crippen LogP contribution is 2.16. The number of hydrogen-bond donors (Lipinski definition) is 0. The molecule has 2 aromatic heterocycles. The number of rotatable bonds is 3. The normalized spacial score (nSPS) is 18.1. The van der Waals surface area contributed by atoms with Gasteiger partial charge in [0.05, 0.1) is 13.2 Å². The molecule has 0 radical (unpaired) electrons. The molecule has 0 aliphatic carbocycles. The Morgan fingerprint density at radius 3 is 2.23 bits per heavy atom. The number of carbonyl (C=O) groups excluding carboxylic acids is 1. The first-order valence-electron chi connectivity index (χ1n) is 8.79. The summed E-state index contributed by atoms with van der Waals surface area (Å²) in [5.41, 5.74) is 0.381. The monoisotopic (exact) mass is 355 g/mol. The first-order chi connectivity index (χ1) is 12.8. The van der Waals surface area contributed by atoms with Crippen LogP contribution in [0.4, 0.5) is 11.8 Å². The van der Waals surface area contributed by atoms with Gasteiger partial charge in [0, 0.05) is 51.7 Å². The van der Waals surface area contributed by atoms with E-state index in [4.69, 9.17) is 4.74 Å². The van der Waals surface area contributed by atoms with Crippen molar-refractivity contribution >= 4 is 17.7 Å². The highest BCUT2D eigenvalue weighted by atomic mass is 16.5. The fourth-order valence-electron chi connectivity index (χ4n) is 3.13. The summed E-state index contributed by atoms with van der Waals surface area (Å²) < 4.78 is 5.28. The molecule has 2 aliphatic heterocycles. The molecule has 4 heterocycles. The zero-order valence-electron chi connectivity index (χ0n) is 14.5. The van der Waals surface area contributed by atoms with Crippen molar-refractivity contribution in [1.82, 2.24) is 25.1 Å². The number of ether oxygens (including phenoxy) is 1. The van der Waals surface area contributed by atoms with Gasteiger partial charge in [-0.05, 0) is 18.2 Å². The molecule has 0 atom stereocenters. The molecule has 9 heteroatoms. The lowest BCUT2D eigenvalue weighted by Gasteiger charge is -2.35. The fraction of sp³-hybridized carbons (Fsp3) is 0.471. The first kappa shape index (κ1) is 16.6. The zero-order chi connectivity index (χ0) is 17.8. The average Bonchev–Trinajstić information content (AvgIpc) is 2.75. The lowest BCUT2D eigenvalue weighted by Crippen LogP contribution is -2.47. The minimum atomic E-state index is -0.0848. The van der Waals surface area contributed by atoms with Crippen LogP contribution in [0.5, 0.6) is 0 Å². The Kier molecular flexibility index (Phi) is 4.87. The molecule has 1 amide bonds. The highest BCUT2D eigenvalue weighted by Gasteiger charge is 2.22. The van der Waals surface area contributed by atoms with Gasteiger partial charge in [0.1, 0.15) is 0 Å². The van der Waals surface area contributed by atoms with Gasteiger partial charge in [0.2, 0.25) is 5.95 Å². The molecular weight excluding hydrogens is 334 g/mol. The third-order valence-corrected chi connectivity index (χ3v) is 4.61. The number of morpholine rings is 1. The highest BCUT2D eigenvalue weighted by molar-refractivity contribution is 5.92.